The lowest BCUT2D eigenvalue weighted by molar-refractivity contribution is 0.661. The number of fused-ring (bicyclic) bond motifs is 6. The molecular weight excluding hydrogens is 713 g/mol. The lowest BCUT2D eigenvalue weighted by atomic mass is 9.81. The van der Waals surface area contributed by atoms with Gasteiger partial charge in [0.15, 0.2) is 5.82 Å². The topological polar surface area (TPSA) is 25.8 Å². The second-order valence-electron chi connectivity index (χ2n) is 16.1. The molecule has 0 unspecified atom stereocenters. The summed E-state index contributed by atoms with van der Waals surface area (Å²) in [5, 5.41) is 4.92. The fourth-order valence-electron chi connectivity index (χ4n) is 9.41. The lowest BCUT2D eigenvalue weighted by Gasteiger charge is -2.22. The fraction of sp³-hybridized carbons (Fsp3) is 0.0526. The van der Waals surface area contributed by atoms with E-state index >= 15 is 0 Å². The second kappa shape index (κ2) is 13.9. The minimum absolute atomic E-state index is 0.123. The van der Waals surface area contributed by atoms with Crippen molar-refractivity contribution in [3.8, 4) is 78.4 Å². The quantitative estimate of drug-likeness (QED) is 0.169. The molecule has 1 aliphatic carbocycles. The van der Waals surface area contributed by atoms with E-state index in [1.54, 1.807) is 0 Å². The molecule has 9 aromatic carbocycles. The van der Waals surface area contributed by atoms with Gasteiger partial charge in [-0.3, -0.25) is 0 Å². The van der Waals surface area contributed by atoms with Crippen LogP contribution >= 0.6 is 0 Å². The first kappa shape index (κ1) is 34.8. The van der Waals surface area contributed by atoms with Crippen molar-refractivity contribution in [2.45, 2.75) is 19.3 Å². The first-order valence-electron chi connectivity index (χ1n) is 20.4. The number of aromatic nitrogens is 2. The third-order valence-electron chi connectivity index (χ3n) is 12.3. The van der Waals surface area contributed by atoms with Crippen molar-refractivity contribution in [2.75, 3.05) is 0 Å². The normalized spacial score (nSPS) is 12.7. The Morgan fingerprint density at radius 1 is 0.322 bits per heavy atom. The average molecular weight is 753 g/mol. The monoisotopic (exact) mass is 752 g/mol. The number of benzene rings is 9. The highest BCUT2D eigenvalue weighted by molar-refractivity contribution is 6.11. The molecule has 0 aliphatic heterocycles. The van der Waals surface area contributed by atoms with E-state index in [0.717, 1.165) is 50.2 Å². The van der Waals surface area contributed by atoms with Crippen LogP contribution in [-0.4, -0.2) is 9.97 Å². The molecule has 0 N–H and O–H groups in total. The standard InChI is InChI=1S/C57H40N2/c1-57(2)50-28-16-27-48(55(50)54-43-24-13-12-21-39(43)30-34-51(54)57)46-32-33-47(45-26-15-14-25-44(45)46)52-36-53(59-56(58-52)40-22-10-5-11-23-40)49-35-41(37-17-6-3-7-18-37)29-31-42(49)38-19-8-4-9-20-38/h3-36H,1-2H3. The highest BCUT2D eigenvalue weighted by Crippen LogP contribution is 2.55. The Morgan fingerprint density at radius 3 is 1.61 bits per heavy atom. The van der Waals surface area contributed by atoms with Crippen LogP contribution in [0, 0.1) is 0 Å². The molecule has 1 aromatic heterocycles. The van der Waals surface area contributed by atoms with Crippen LogP contribution in [-0.2, 0) is 5.41 Å². The van der Waals surface area contributed by atoms with Crippen LogP contribution in [0.3, 0.4) is 0 Å². The summed E-state index contributed by atoms with van der Waals surface area (Å²) < 4.78 is 0. The summed E-state index contributed by atoms with van der Waals surface area (Å²) in [6, 6.07) is 74.3. The van der Waals surface area contributed by atoms with E-state index in [0.29, 0.717) is 5.82 Å². The maximum atomic E-state index is 5.36. The molecule has 0 fully saturated rings. The number of nitrogens with zero attached hydrogens (tertiary/aromatic N) is 2. The lowest BCUT2D eigenvalue weighted by Crippen LogP contribution is -2.14. The molecule has 0 radical (unpaired) electrons. The van der Waals surface area contributed by atoms with E-state index in [4.69, 9.17) is 9.97 Å². The van der Waals surface area contributed by atoms with Gasteiger partial charge in [0, 0.05) is 22.1 Å². The number of rotatable bonds is 6. The Bertz CT molecular complexity index is 3220. The van der Waals surface area contributed by atoms with Crippen LogP contribution in [0.15, 0.2) is 206 Å². The van der Waals surface area contributed by atoms with E-state index in [2.05, 4.69) is 214 Å². The van der Waals surface area contributed by atoms with E-state index in [-0.39, 0.29) is 5.41 Å². The third-order valence-corrected chi connectivity index (χ3v) is 12.3. The molecule has 0 spiro atoms. The summed E-state index contributed by atoms with van der Waals surface area (Å²) >= 11 is 0. The zero-order chi connectivity index (χ0) is 39.5. The van der Waals surface area contributed by atoms with Crippen LogP contribution in [0.1, 0.15) is 25.0 Å². The van der Waals surface area contributed by atoms with Gasteiger partial charge in [0.1, 0.15) is 0 Å². The van der Waals surface area contributed by atoms with Gasteiger partial charge < -0.3 is 0 Å². The van der Waals surface area contributed by atoms with Crippen LogP contribution in [0.4, 0.5) is 0 Å². The minimum Gasteiger partial charge on any atom is -0.228 e. The van der Waals surface area contributed by atoms with E-state index in [9.17, 15) is 0 Å². The largest absolute Gasteiger partial charge is 0.228 e. The second-order valence-corrected chi connectivity index (χ2v) is 16.1. The molecule has 2 heteroatoms. The van der Waals surface area contributed by atoms with Crippen molar-refractivity contribution in [3.05, 3.63) is 217 Å². The van der Waals surface area contributed by atoms with Crippen LogP contribution in [0.5, 0.6) is 0 Å². The maximum Gasteiger partial charge on any atom is 0.160 e. The maximum absolute atomic E-state index is 5.36. The highest BCUT2D eigenvalue weighted by Gasteiger charge is 2.38. The van der Waals surface area contributed by atoms with Crippen LogP contribution < -0.4 is 0 Å². The Balaban J connectivity index is 1.14. The Labute approximate surface area is 345 Å². The molecule has 0 bridgehead atoms. The first-order chi connectivity index (χ1) is 29.0. The van der Waals surface area contributed by atoms with Crippen molar-refractivity contribution in [3.63, 3.8) is 0 Å². The zero-order valence-electron chi connectivity index (χ0n) is 33.0. The van der Waals surface area contributed by atoms with Gasteiger partial charge in [-0.15, -0.1) is 0 Å². The summed E-state index contributed by atoms with van der Waals surface area (Å²) in [7, 11) is 0. The average Bonchev–Trinajstić information content (AvgIpc) is 3.55. The molecule has 2 nitrogen and oxygen atoms in total. The smallest absolute Gasteiger partial charge is 0.160 e. The molecule has 10 aromatic rings. The Morgan fingerprint density at radius 2 is 0.881 bits per heavy atom. The van der Waals surface area contributed by atoms with Crippen molar-refractivity contribution < 1.29 is 0 Å². The van der Waals surface area contributed by atoms with Crippen LogP contribution in [0.25, 0.3) is 100.0 Å². The third kappa shape index (κ3) is 5.79. The molecule has 1 aliphatic rings. The van der Waals surface area contributed by atoms with E-state index < -0.39 is 0 Å². The molecular formula is C57H40N2. The predicted octanol–water partition coefficient (Wildman–Crippen LogP) is 15.1. The summed E-state index contributed by atoms with van der Waals surface area (Å²) in [6.45, 7) is 4.74. The summed E-state index contributed by atoms with van der Waals surface area (Å²) in [4.78, 5) is 10.7. The van der Waals surface area contributed by atoms with Gasteiger partial charge in [-0.2, -0.15) is 0 Å². The Kier molecular flexibility index (Phi) is 8.20. The molecule has 0 atom stereocenters. The fourth-order valence-corrected chi connectivity index (χ4v) is 9.41. The summed E-state index contributed by atoms with van der Waals surface area (Å²) in [6.07, 6.45) is 0. The van der Waals surface area contributed by atoms with Gasteiger partial charge in [0.05, 0.1) is 11.4 Å². The first-order valence-corrected chi connectivity index (χ1v) is 20.4. The molecule has 278 valence electrons. The van der Waals surface area contributed by atoms with Crippen molar-refractivity contribution in [1.82, 2.24) is 9.97 Å². The van der Waals surface area contributed by atoms with Crippen molar-refractivity contribution in [2.24, 2.45) is 0 Å². The SMILES string of the molecule is CC1(C)c2cccc(-c3ccc(-c4cc(-c5cc(-c6ccccc6)ccc5-c5ccccc5)nc(-c5ccccc5)n4)c4ccccc34)c2-c2c1ccc1ccccc21. The molecule has 0 saturated carbocycles. The molecule has 11 rings (SSSR count). The highest BCUT2D eigenvalue weighted by atomic mass is 14.9. The Hall–Kier alpha value is -7.42. The van der Waals surface area contributed by atoms with Crippen LogP contribution in [0.2, 0.25) is 0 Å². The van der Waals surface area contributed by atoms with Gasteiger partial charge in [0.25, 0.3) is 0 Å². The van der Waals surface area contributed by atoms with Crippen molar-refractivity contribution in [1.29, 1.82) is 0 Å². The minimum atomic E-state index is -0.123. The van der Waals surface area contributed by atoms with E-state index in [1.165, 1.54) is 55.1 Å². The molecule has 0 amide bonds. The van der Waals surface area contributed by atoms with Gasteiger partial charge in [-0.1, -0.05) is 208 Å². The van der Waals surface area contributed by atoms with Gasteiger partial charge >= 0.3 is 0 Å². The molecule has 59 heavy (non-hydrogen) atoms. The van der Waals surface area contributed by atoms with Gasteiger partial charge in [0.2, 0.25) is 0 Å². The van der Waals surface area contributed by atoms with E-state index in [1.807, 2.05) is 6.07 Å². The zero-order valence-corrected chi connectivity index (χ0v) is 33.0. The summed E-state index contributed by atoms with van der Waals surface area (Å²) in [5.41, 5.74) is 17.3. The van der Waals surface area contributed by atoms with Gasteiger partial charge in [-0.05, 0) is 89.3 Å². The molecule has 1 heterocycles. The van der Waals surface area contributed by atoms with Gasteiger partial charge in [-0.25, -0.2) is 9.97 Å². The molecule has 0 saturated heterocycles. The number of hydrogen-bond donors (Lipinski definition) is 0. The van der Waals surface area contributed by atoms with Crippen molar-refractivity contribution >= 4 is 21.5 Å². The number of hydrogen-bond acceptors (Lipinski definition) is 2. The summed E-state index contributed by atoms with van der Waals surface area (Å²) in [5.74, 6) is 0.696. The predicted molar refractivity (Wildman–Crippen MR) is 247 cm³/mol.